The van der Waals surface area contributed by atoms with Crippen LogP contribution in [-0.2, 0) is 0 Å². The molecule has 1 saturated heterocycles. The number of hydrogen-bond donors (Lipinski definition) is 1. The van der Waals surface area contributed by atoms with Gasteiger partial charge in [-0.2, -0.15) is 0 Å². The Morgan fingerprint density at radius 3 is 2.52 bits per heavy atom. The topological polar surface area (TPSA) is 47.7 Å². The average molecular weight is 300 g/mol. The van der Waals surface area contributed by atoms with Crippen molar-refractivity contribution in [2.24, 2.45) is 11.7 Å². The fraction of sp³-hybridized carbons (Fsp3) is 0.600. The lowest BCUT2D eigenvalue weighted by Gasteiger charge is -2.24. The first kappa shape index (κ1) is 16.0. The molecule has 0 aromatic heterocycles. The summed E-state index contributed by atoms with van der Waals surface area (Å²) in [6.45, 7) is 1.44. The van der Waals surface area contributed by atoms with E-state index in [2.05, 4.69) is 4.90 Å². The van der Waals surface area contributed by atoms with Crippen molar-refractivity contribution >= 4 is 0 Å². The Balaban J connectivity index is 2.47. The van der Waals surface area contributed by atoms with Crippen LogP contribution in [0.4, 0.5) is 8.78 Å². The molecule has 2 unspecified atom stereocenters. The van der Waals surface area contributed by atoms with Gasteiger partial charge in [0, 0.05) is 23.7 Å². The molecule has 0 amide bonds. The third kappa shape index (κ3) is 3.11. The summed E-state index contributed by atoms with van der Waals surface area (Å²) in [7, 11) is 4.96. The first-order valence-corrected chi connectivity index (χ1v) is 6.96. The molecule has 1 heterocycles. The SMILES string of the molecule is COc1cc(C(F)F)cc(C2CC(CN)CN2C)c1OC. The molecule has 1 aliphatic rings. The Bertz CT molecular complexity index is 497. The van der Waals surface area contributed by atoms with Crippen LogP contribution in [0, 0.1) is 5.92 Å². The molecule has 0 radical (unpaired) electrons. The fourth-order valence-electron chi connectivity index (χ4n) is 3.03. The van der Waals surface area contributed by atoms with Crippen LogP contribution in [0.2, 0.25) is 0 Å². The van der Waals surface area contributed by atoms with Crippen molar-refractivity contribution in [2.75, 3.05) is 34.4 Å². The van der Waals surface area contributed by atoms with Gasteiger partial charge in [0.1, 0.15) is 0 Å². The van der Waals surface area contributed by atoms with Gasteiger partial charge in [-0.3, -0.25) is 4.90 Å². The zero-order chi connectivity index (χ0) is 15.6. The van der Waals surface area contributed by atoms with E-state index in [0.29, 0.717) is 24.0 Å². The first-order valence-electron chi connectivity index (χ1n) is 6.96. The number of nitrogens with zero attached hydrogens (tertiary/aromatic N) is 1. The monoisotopic (exact) mass is 300 g/mol. The molecule has 4 nitrogen and oxygen atoms in total. The van der Waals surface area contributed by atoms with Crippen LogP contribution in [0.3, 0.4) is 0 Å². The Morgan fingerprint density at radius 2 is 2.05 bits per heavy atom. The minimum atomic E-state index is -2.54. The van der Waals surface area contributed by atoms with Crippen molar-refractivity contribution in [1.29, 1.82) is 0 Å². The molecule has 1 aromatic rings. The second-order valence-electron chi connectivity index (χ2n) is 5.44. The summed E-state index contributed by atoms with van der Waals surface area (Å²) < 4.78 is 36.8. The highest BCUT2D eigenvalue weighted by molar-refractivity contribution is 5.51. The summed E-state index contributed by atoms with van der Waals surface area (Å²) in [4.78, 5) is 2.13. The summed E-state index contributed by atoms with van der Waals surface area (Å²) in [6.07, 6.45) is -1.71. The fourth-order valence-corrected chi connectivity index (χ4v) is 3.03. The number of halogens is 2. The number of nitrogens with two attached hydrogens (primary N) is 1. The van der Waals surface area contributed by atoms with Crippen molar-refractivity contribution in [3.8, 4) is 11.5 Å². The maximum absolute atomic E-state index is 13.1. The van der Waals surface area contributed by atoms with E-state index in [-0.39, 0.29) is 11.6 Å². The maximum Gasteiger partial charge on any atom is 0.263 e. The van der Waals surface area contributed by atoms with E-state index in [0.717, 1.165) is 18.5 Å². The number of alkyl halides is 2. The molecule has 0 bridgehead atoms. The Kier molecular flexibility index (Phi) is 5.00. The third-order valence-corrected chi connectivity index (χ3v) is 4.11. The lowest BCUT2D eigenvalue weighted by atomic mass is 9.97. The van der Waals surface area contributed by atoms with Crippen molar-refractivity contribution in [3.63, 3.8) is 0 Å². The molecule has 2 atom stereocenters. The van der Waals surface area contributed by atoms with Crippen molar-refractivity contribution in [1.82, 2.24) is 4.90 Å². The van der Waals surface area contributed by atoms with Crippen LogP contribution < -0.4 is 15.2 Å². The van der Waals surface area contributed by atoms with Gasteiger partial charge in [0.15, 0.2) is 11.5 Å². The lowest BCUT2D eigenvalue weighted by Crippen LogP contribution is -2.21. The van der Waals surface area contributed by atoms with Crippen LogP contribution in [0.25, 0.3) is 0 Å². The van der Waals surface area contributed by atoms with Gasteiger partial charge in [-0.15, -0.1) is 0 Å². The number of likely N-dealkylation sites (tertiary alicyclic amines) is 1. The zero-order valence-electron chi connectivity index (χ0n) is 12.6. The number of benzene rings is 1. The van der Waals surface area contributed by atoms with Gasteiger partial charge < -0.3 is 15.2 Å². The second-order valence-corrected chi connectivity index (χ2v) is 5.44. The van der Waals surface area contributed by atoms with Gasteiger partial charge in [-0.25, -0.2) is 8.78 Å². The third-order valence-electron chi connectivity index (χ3n) is 4.11. The number of hydrogen-bond acceptors (Lipinski definition) is 4. The molecular weight excluding hydrogens is 278 g/mol. The molecular formula is C15H22F2N2O2. The van der Waals surface area contributed by atoms with Crippen LogP contribution in [0.5, 0.6) is 11.5 Å². The quantitative estimate of drug-likeness (QED) is 0.908. The van der Waals surface area contributed by atoms with Gasteiger partial charge in [0.05, 0.1) is 14.2 Å². The van der Waals surface area contributed by atoms with Crippen LogP contribution in [-0.4, -0.2) is 39.3 Å². The summed E-state index contributed by atoms with van der Waals surface area (Å²) in [5.74, 6) is 1.23. The molecule has 21 heavy (non-hydrogen) atoms. The van der Waals surface area contributed by atoms with E-state index in [1.54, 1.807) is 0 Å². The van der Waals surface area contributed by atoms with Gasteiger partial charge in [0.25, 0.3) is 6.43 Å². The highest BCUT2D eigenvalue weighted by Gasteiger charge is 2.33. The van der Waals surface area contributed by atoms with Crippen LogP contribution in [0.15, 0.2) is 12.1 Å². The lowest BCUT2D eigenvalue weighted by molar-refractivity contribution is 0.150. The Labute approximate surface area is 123 Å². The van der Waals surface area contributed by atoms with E-state index >= 15 is 0 Å². The first-order chi connectivity index (χ1) is 10.0. The minimum Gasteiger partial charge on any atom is -0.493 e. The Hall–Kier alpha value is -1.40. The highest BCUT2D eigenvalue weighted by atomic mass is 19.3. The average Bonchev–Trinajstić information content (AvgIpc) is 2.86. The largest absolute Gasteiger partial charge is 0.493 e. The molecule has 0 aliphatic carbocycles. The molecule has 1 aliphatic heterocycles. The molecule has 2 rings (SSSR count). The highest BCUT2D eigenvalue weighted by Crippen LogP contribution is 2.44. The molecule has 0 spiro atoms. The van der Waals surface area contributed by atoms with Crippen molar-refractivity contribution < 1.29 is 18.3 Å². The van der Waals surface area contributed by atoms with Crippen molar-refractivity contribution in [3.05, 3.63) is 23.3 Å². The molecule has 0 saturated carbocycles. The summed E-state index contributed by atoms with van der Waals surface area (Å²) >= 11 is 0. The van der Waals surface area contributed by atoms with Gasteiger partial charge in [-0.1, -0.05) is 0 Å². The van der Waals surface area contributed by atoms with E-state index in [1.165, 1.54) is 26.4 Å². The number of methoxy groups -OCH3 is 2. The zero-order valence-corrected chi connectivity index (χ0v) is 12.6. The van der Waals surface area contributed by atoms with E-state index < -0.39 is 6.43 Å². The van der Waals surface area contributed by atoms with Crippen LogP contribution in [0.1, 0.15) is 30.0 Å². The summed E-state index contributed by atoms with van der Waals surface area (Å²) in [6, 6.07) is 2.87. The molecule has 118 valence electrons. The van der Waals surface area contributed by atoms with E-state index in [4.69, 9.17) is 15.2 Å². The van der Waals surface area contributed by atoms with E-state index in [9.17, 15) is 8.78 Å². The normalized spacial score (nSPS) is 22.8. The molecule has 6 heteroatoms. The predicted octanol–water partition coefficient (Wildman–Crippen LogP) is 2.59. The van der Waals surface area contributed by atoms with Gasteiger partial charge >= 0.3 is 0 Å². The molecule has 2 N–H and O–H groups in total. The number of rotatable bonds is 5. The maximum atomic E-state index is 13.1. The predicted molar refractivity (Wildman–Crippen MR) is 77.0 cm³/mol. The Morgan fingerprint density at radius 1 is 1.33 bits per heavy atom. The second kappa shape index (κ2) is 6.58. The van der Waals surface area contributed by atoms with Crippen LogP contribution >= 0.6 is 0 Å². The van der Waals surface area contributed by atoms with Gasteiger partial charge in [-0.05, 0) is 38.1 Å². The number of ether oxygens (including phenoxy) is 2. The van der Waals surface area contributed by atoms with Crippen molar-refractivity contribution in [2.45, 2.75) is 18.9 Å². The smallest absolute Gasteiger partial charge is 0.263 e. The molecule has 1 aromatic carbocycles. The minimum absolute atomic E-state index is 0.0149. The summed E-state index contributed by atoms with van der Waals surface area (Å²) in [5.41, 5.74) is 6.43. The van der Waals surface area contributed by atoms with Gasteiger partial charge in [0.2, 0.25) is 0 Å². The van der Waals surface area contributed by atoms with E-state index in [1.807, 2.05) is 7.05 Å². The standard InChI is InChI=1S/C15H22F2N2O2/c1-19-8-9(7-18)4-12(19)11-5-10(15(16)17)6-13(20-2)14(11)21-3/h5-6,9,12,15H,4,7-8,18H2,1-3H3. The summed E-state index contributed by atoms with van der Waals surface area (Å²) in [5, 5.41) is 0. The molecule has 1 fully saturated rings.